The van der Waals surface area contributed by atoms with Gasteiger partial charge in [0.15, 0.2) is 0 Å². The van der Waals surface area contributed by atoms with E-state index in [1.807, 2.05) is 24.3 Å². The van der Waals surface area contributed by atoms with Crippen molar-refractivity contribution in [3.63, 3.8) is 0 Å². The Hall–Kier alpha value is -2.24. The Labute approximate surface area is 149 Å². The van der Waals surface area contributed by atoms with Crippen molar-refractivity contribution >= 4 is 28.8 Å². The molecule has 122 valence electrons. The first-order valence-electron chi connectivity index (χ1n) is 7.60. The summed E-state index contributed by atoms with van der Waals surface area (Å²) in [6.45, 7) is 2.11. The number of thiazole rings is 1. The number of carbonyl (C=O) groups excluding carboxylic acids is 1. The van der Waals surface area contributed by atoms with E-state index in [1.54, 1.807) is 18.3 Å². The summed E-state index contributed by atoms with van der Waals surface area (Å²) in [5.41, 5.74) is 8.91. The summed E-state index contributed by atoms with van der Waals surface area (Å²) in [6, 6.07) is 11.1. The molecule has 24 heavy (non-hydrogen) atoms. The molecule has 6 heteroatoms. The third kappa shape index (κ3) is 3.47. The van der Waals surface area contributed by atoms with Crippen LogP contribution in [0.15, 0.2) is 42.6 Å². The van der Waals surface area contributed by atoms with E-state index in [4.69, 9.17) is 17.3 Å². The molecule has 2 aromatic heterocycles. The van der Waals surface area contributed by atoms with Gasteiger partial charge in [0.25, 0.3) is 5.91 Å². The van der Waals surface area contributed by atoms with Gasteiger partial charge >= 0.3 is 0 Å². The van der Waals surface area contributed by atoms with E-state index in [0.717, 1.165) is 34.7 Å². The number of halogens is 1. The number of hydrogen-bond donors (Lipinski definition) is 1. The number of rotatable bonds is 5. The Morgan fingerprint density at radius 2 is 1.96 bits per heavy atom. The number of nitrogens with zero attached hydrogens (tertiary/aromatic N) is 2. The molecule has 2 N–H and O–H groups in total. The zero-order valence-electron chi connectivity index (χ0n) is 13.1. The van der Waals surface area contributed by atoms with Crippen molar-refractivity contribution in [2.45, 2.75) is 19.8 Å². The molecule has 0 unspecified atom stereocenters. The second-order valence-corrected chi connectivity index (χ2v) is 6.79. The summed E-state index contributed by atoms with van der Waals surface area (Å²) < 4.78 is 0. The minimum atomic E-state index is -0.480. The summed E-state index contributed by atoms with van der Waals surface area (Å²) in [6.07, 6.45) is 3.70. The van der Waals surface area contributed by atoms with E-state index >= 15 is 0 Å². The average molecular weight is 358 g/mol. The van der Waals surface area contributed by atoms with E-state index in [0.29, 0.717) is 15.6 Å². The highest BCUT2D eigenvalue weighted by atomic mass is 35.5. The number of benzene rings is 1. The fourth-order valence-electron chi connectivity index (χ4n) is 2.42. The number of aryl methyl sites for hydroxylation is 1. The highest BCUT2D eigenvalue weighted by molar-refractivity contribution is 7.17. The van der Waals surface area contributed by atoms with E-state index < -0.39 is 5.91 Å². The van der Waals surface area contributed by atoms with Gasteiger partial charge in [-0.2, -0.15) is 0 Å². The molecule has 0 atom stereocenters. The van der Waals surface area contributed by atoms with Crippen molar-refractivity contribution in [1.29, 1.82) is 0 Å². The third-order valence-electron chi connectivity index (χ3n) is 3.54. The Balaban J connectivity index is 2.07. The maximum Gasteiger partial charge on any atom is 0.261 e. The number of primary amides is 1. The third-order valence-corrected chi connectivity index (χ3v) is 4.91. The monoisotopic (exact) mass is 357 g/mol. The molecule has 0 aliphatic carbocycles. The number of amides is 1. The molecule has 0 spiro atoms. The first-order valence-corrected chi connectivity index (χ1v) is 8.79. The second-order valence-electron chi connectivity index (χ2n) is 5.35. The fourth-order valence-corrected chi connectivity index (χ4v) is 3.48. The van der Waals surface area contributed by atoms with Crippen molar-refractivity contribution in [1.82, 2.24) is 9.97 Å². The van der Waals surface area contributed by atoms with Gasteiger partial charge in [-0.15, -0.1) is 11.3 Å². The van der Waals surface area contributed by atoms with Crippen LogP contribution >= 0.6 is 22.9 Å². The van der Waals surface area contributed by atoms with Crippen molar-refractivity contribution in [2.75, 3.05) is 0 Å². The van der Waals surface area contributed by atoms with Gasteiger partial charge in [0.2, 0.25) is 0 Å². The summed E-state index contributed by atoms with van der Waals surface area (Å²) in [5.74, 6) is -0.480. The molecule has 0 bridgehead atoms. The zero-order valence-corrected chi connectivity index (χ0v) is 14.7. The molecule has 3 rings (SSSR count). The number of hydrogen-bond acceptors (Lipinski definition) is 4. The Bertz CT molecular complexity index is 874. The Morgan fingerprint density at radius 3 is 2.62 bits per heavy atom. The molecule has 0 aliphatic rings. The largest absolute Gasteiger partial charge is 0.365 e. The van der Waals surface area contributed by atoms with Crippen molar-refractivity contribution in [3.8, 4) is 21.8 Å². The van der Waals surface area contributed by atoms with Gasteiger partial charge in [-0.3, -0.25) is 9.78 Å². The number of pyridine rings is 1. The van der Waals surface area contributed by atoms with Crippen molar-refractivity contribution in [3.05, 3.63) is 58.2 Å². The minimum Gasteiger partial charge on any atom is -0.365 e. The molecule has 1 amide bonds. The second kappa shape index (κ2) is 7.11. The number of aromatic nitrogens is 2. The van der Waals surface area contributed by atoms with E-state index in [-0.39, 0.29) is 0 Å². The van der Waals surface area contributed by atoms with Crippen LogP contribution in [0.2, 0.25) is 5.02 Å². The lowest BCUT2D eigenvalue weighted by atomic mass is 10.1. The number of nitrogens with two attached hydrogens (primary N) is 1. The predicted octanol–water partition coefficient (Wildman–Crippen LogP) is 4.58. The molecule has 0 aliphatic heterocycles. The summed E-state index contributed by atoms with van der Waals surface area (Å²) in [4.78, 5) is 21.3. The molecule has 0 saturated heterocycles. The molecule has 0 saturated carbocycles. The van der Waals surface area contributed by atoms with Crippen LogP contribution in [0.4, 0.5) is 0 Å². The van der Waals surface area contributed by atoms with Crippen LogP contribution in [0.5, 0.6) is 0 Å². The summed E-state index contributed by atoms with van der Waals surface area (Å²) in [5, 5.41) is 1.39. The minimum absolute atomic E-state index is 0.446. The summed E-state index contributed by atoms with van der Waals surface area (Å²) in [7, 11) is 0. The van der Waals surface area contributed by atoms with Gasteiger partial charge in [0, 0.05) is 28.0 Å². The van der Waals surface area contributed by atoms with Gasteiger partial charge < -0.3 is 5.73 Å². The van der Waals surface area contributed by atoms with Crippen LogP contribution in [0.3, 0.4) is 0 Å². The smallest absolute Gasteiger partial charge is 0.261 e. The maximum atomic E-state index is 11.8. The van der Waals surface area contributed by atoms with Crippen LogP contribution in [-0.2, 0) is 6.42 Å². The highest BCUT2D eigenvalue weighted by Gasteiger charge is 2.18. The van der Waals surface area contributed by atoms with Gasteiger partial charge in [-0.1, -0.05) is 37.1 Å². The molecule has 3 aromatic rings. The maximum absolute atomic E-state index is 11.8. The average Bonchev–Trinajstić information content (AvgIpc) is 3.02. The lowest BCUT2D eigenvalue weighted by Gasteiger charge is -2.01. The van der Waals surface area contributed by atoms with Crippen molar-refractivity contribution in [2.24, 2.45) is 5.73 Å². The fraction of sp³-hybridized carbons (Fsp3) is 0.167. The topological polar surface area (TPSA) is 68.9 Å². The molecule has 0 radical (unpaired) electrons. The zero-order chi connectivity index (χ0) is 17.1. The summed E-state index contributed by atoms with van der Waals surface area (Å²) >= 11 is 7.23. The van der Waals surface area contributed by atoms with Gasteiger partial charge in [-0.05, 0) is 30.7 Å². The Kier molecular flexibility index (Phi) is 4.92. The van der Waals surface area contributed by atoms with Crippen LogP contribution < -0.4 is 5.73 Å². The molecular weight excluding hydrogens is 342 g/mol. The predicted molar refractivity (Wildman–Crippen MR) is 98.3 cm³/mol. The Morgan fingerprint density at radius 1 is 1.21 bits per heavy atom. The van der Waals surface area contributed by atoms with Gasteiger partial charge in [0.05, 0.1) is 5.69 Å². The van der Waals surface area contributed by atoms with E-state index in [9.17, 15) is 4.79 Å². The van der Waals surface area contributed by atoms with Crippen LogP contribution in [0, 0.1) is 0 Å². The van der Waals surface area contributed by atoms with E-state index in [1.165, 1.54) is 11.3 Å². The lowest BCUT2D eigenvalue weighted by molar-refractivity contribution is 0.100. The van der Waals surface area contributed by atoms with Gasteiger partial charge in [-0.25, -0.2) is 4.98 Å². The first kappa shape index (κ1) is 16.6. The standard InChI is InChI=1S/C18H16ClN3OS/c1-2-3-14-10-12(8-9-21-14)18-22-15(16(24-18)17(20)23)11-4-6-13(19)7-5-11/h4-10H,2-3H2,1H3,(H2,20,23). The SMILES string of the molecule is CCCc1cc(-c2nc(-c3ccc(Cl)cc3)c(C(N)=O)s2)ccn1. The highest BCUT2D eigenvalue weighted by Crippen LogP contribution is 2.34. The van der Waals surface area contributed by atoms with Crippen LogP contribution in [0.25, 0.3) is 21.8 Å². The quantitative estimate of drug-likeness (QED) is 0.726. The molecule has 4 nitrogen and oxygen atoms in total. The lowest BCUT2D eigenvalue weighted by Crippen LogP contribution is -2.10. The normalized spacial score (nSPS) is 10.8. The van der Waals surface area contributed by atoms with Crippen LogP contribution in [0.1, 0.15) is 28.7 Å². The van der Waals surface area contributed by atoms with Crippen molar-refractivity contribution < 1.29 is 4.79 Å². The first-order chi connectivity index (χ1) is 11.6. The van der Waals surface area contributed by atoms with Crippen LogP contribution in [-0.4, -0.2) is 15.9 Å². The van der Waals surface area contributed by atoms with E-state index in [2.05, 4.69) is 16.9 Å². The molecule has 2 heterocycles. The molecular formula is C18H16ClN3OS. The van der Waals surface area contributed by atoms with Gasteiger partial charge in [0.1, 0.15) is 9.88 Å². The number of carbonyl (C=O) groups is 1. The molecule has 1 aromatic carbocycles. The molecule has 0 fully saturated rings.